The molecule has 2 aromatic carbocycles. The predicted molar refractivity (Wildman–Crippen MR) is 106 cm³/mol. The molecule has 0 spiro atoms. The molecule has 148 valence electrons. The first-order chi connectivity index (χ1) is 13.1. The van der Waals surface area contributed by atoms with Crippen LogP contribution in [-0.2, 0) is 26.4 Å². The van der Waals surface area contributed by atoms with Gasteiger partial charge >= 0.3 is 0 Å². The van der Waals surface area contributed by atoms with Gasteiger partial charge in [0, 0.05) is 11.6 Å². The second-order valence-electron chi connectivity index (χ2n) is 6.09. The highest BCUT2D eigenvalue weighted by molar-refractivity contribution is 7.93. The molecule has 3 rings (SSSR count). The Balaban J connectivity index is 2.11. The molecule has 0 amide bonds. The maximum absolute atomic E-state index is 13.3. The molecule has 0 aliphatic rings. The largest absolute Gasteiger partial charge is 0.264 e. The molecule has 3 aromatic rings. The first-order valence-electron chi connectivity index (χ1n) is 8.07. The summed E-state index contributed by atoms with van der Waals surface area (Å²) in [6, 6.07) is 10.2. The second kappa shape index (κ2) is 7.61. The number of aryl methyl sites for hydroxylation is 1. The van der Waals surface area contributed by atoms with E-state index in [4.69, 9.17) is 0 Å². The Kier molecular flexibility index (Phi) is 5.55. The van der Waals surface area contributed by atoms with Crippen LogP contribution >= 0.6 is 11.3 Å². The van der Waals surface area contributed by atoms with Crippen LogP contribution in [0.3, 0.4) is 0 Å². The molecule has 10 heteroatoms. The molecule has 0 N–H and O–H groups in total. The van der Waals surface area contributed by atoms with Crippen molar-refractivity contribution < 1.29 is 21.2 Å². The van der Waals surface area contributed by atoms with Crippen molar-refractivity contribution in [2.45, 2.75) is 23.3 Å². The van der Waals surface area contributed by atoms with Gasteiger partial charge in [0.15, 0.2) is 9.84 Å². The van der Waals surface area contributed by atoms with Gasteiger partial charge in [0.2, 0.25) is 0 Å². The quantitative estimate of drug-likeness (QED) is 0.587. The molecule has 6 nitrogen and oxygen atoms in total. The molecule has 1 heterocycles. The van der Waals surface area contributed by atoms with E-state index in [9.17, 15) is 21.2 Å². The molecule has 0 bridgehead atoms. The number of anilines is 1. The molecule has 0 saturated heterocycles. The fourth-order valence-electron chi connectivity index (χ4n) is 2.54. The van der Waals surface area contributed by atoms with Crippen molar-refractivity contribution in [2.75, 3.05) is 10.6 Å². The van der Waals surface area contributed by atoms with Crippen LogP contribution in [0.4, 0.5) is 10.1 Å². The lowest BCUT2D eigenvalue weighted by Crippen LogP contribution is -2.31. The SMILES string of the molecule is Cc1nc(CN(c2ccc(F)cc2)S(=O)(=O)c2cccc(S(C)(=O)=O)c2)cs1. The molecule has 0 aliphatic heterocycles. The van der Waals surface area contributed by atoms with Gasteiger partial charge < -0.3 is 0 Å². The van der Waals surface area contributed by atoms with Crippen LogP contribution < -0.4 is 4.31 Å². The zero-order chi connectivity index (χ0) is 20.5. The van der Waals surface area contributed by atoms with Gasteiger partial charge in [-0.15, -0.1) is 11.3 Å². The number of nitrogens with zero attached hydrogens (tertiary/aromatic N) is 2. The lowest BCUT2D eigenvalue weighted by molar-refractivity contribution is 0.589. The average Bonchev–Trinajstić information content (AvgIpc) is 3.05. The molecule has 0 radical (unpaired) electrons. The van der Waals surface area contributed by atoms with E-state index >= 15 is 0 Å². The Morgan fingerprint density at radius 2 is 1.68 bits per heavy atom. The number of hydrogen-bond acceptors (Lipinski definition) is 6. The van der Waals surface area contributed by atoms with Crippen molar-refractivity contribution in [1.29, 1.82) is 0 Å². The zero-order valence-corrected chi connectivity index (χ0v) is 17.5. The van der Waals surface area contributed by atoms with E-state index in [1.165, 1.54) is 41.7 Å². The first-order valence-corrected chi connectivity index (χ1v) is 12.3. The van der Waals surface area contributed by atoms with Crippen LogP contribution in [-0.4, -0.2) is 28.1 Å². The van der Waals surface area contributed by atoms with Gasteiger partial charge in [0.05, 0.1) is 32.7 Å². The zero-order valence-electron chi connectivity index (χ0n) is 15.0. The Bertz CT molecular complexity index is 1200. The van der Waals surface area contributed by atoms with Gasteiger partial charge in [-0.1, -0.05) is 6.07 Å². The summed E-state index contributed by atoms with van der Waals surface area (Å²) in [4.78, 5) is 4.03. The fourth-order valence-corrected chi connectivity index (χ4v) is 5.37. The third kappa shape index (κ3) is 4.40. The van der Waals surface area contributed by atoms with E-state index in [2.05, 4.69) is 4.98 Å². The van der Waals surface area contributed by atoms with Gasteiger partial charge in [-0.2, -0.15) is 0 Å². The van der Waals surface area contributed by atoms with Crippen LogP contribution in [0.15, 0.2) is 63.7 Å². The summed E-state index contributed by atoms with van der Waals surface area (Å²) >= 11 is 1.38. The lowest BCUT2D eigenvalue weighted by atomic mass is 10.3. The minimum absolute atomic E-state index is 0.0680. The minimum Gasteiger partial charge on any atom is -0.260 e. The summed E-state index contributed by atoms with van der Waals surface area (Å²) < 4.78 is 64.7. The maximum Gasteiger partial charge on any atom is 0.264 e. The van der Waals surface area contributed by atoms with Crippen molar-refractivity contribution in [2.24, 2.45) is 0 Å². The van der Waals surface area contributed by atoms with Gasteiger partial charge in [0.1, 0.15) is 5.82 Å². The van der Waals surface area contributed by atoms with Crippen molar-refractivity contribution in [3.05, 3.63) is 70.4 Å². The molecule has 0 atom stereocenters. The number of rotatable bonds is 6. The van der Waals surface area contributed by atoms with Crippen molar-refractivity contribution in [1.82, 2.24) is 4.98 Å². The van der Waals surface area contributed by atoms with Crippen LogP contribution in [0, 0.1) is 12.7 Å². The standard InChI is InChI=1S/C18H17FN2O4S3/c1-13-20-15(12-26-13)11-21(16-8-6-14(19)7-9-16)28(24,25)18-5-3-4-17(10-18)27(2,22)23/h3-10,12H,11H2,1-2H3. The number of thiazole rings is 1. The first kappa shape index (κ1) is 20.4. The summed E-state index contributed by atoms with van der Waals surface area (Å²) in [5.74, 6) is -0.496. The summed E-state index contributed by atoms with van der Waals surface area (Å²) in [7, 11) is -7.71. The van der Waals surface area contributed by atoms with E-state index in [-0.39, 0.29) is 22.0 Å². The number of benzene rings is 2. The van der Waals surface area contributed by atoms with Gasteiger partial charge in [0.25, 0.3) is 10.0 Å². The summed E-state index contributed by atoms with van der Waals surface area (Å²) in [6.45, 7) is 1.74. The molecule has 1 aromatic heterocycles. The van der Waals surface area contributed by atoms with E-state index in [0.29, 0.717) is 5.69 Å². The highest BCUT2D eigenvalue weighted by Gasteiger charge is 2.27. The molecule has 0 fully saturated rings. The van der Waals surface area contributed by atoms with Gasteiger partial charge in [-0.05, 0) is 49.4 Å². The van der Waals surface area contributed by atoms with Crippen LogP contribution in [0.1, 0.15) is 10.7 Å². The van der Waals surface area contributed by atoms with Crippen molar-refractivity contribution >= 4 is 36.9 Å². The van der Waals surface area contributed by atoms with Gasteiger partial charge in [-0.25, -0.2) is 26.2 Å². The van der Waals surface area contributed by atoms with E-state index in [0.717, 1.165) is 33.8 Å². The van der Waals surface area contributed by atoms with Crippen LogP contribution in [0.5, 0.6) is 0 Å². The number of aromatic nitrogens is 1. The topological polar surface area (TPSA) is 84.4 Å². The molecular weight excluding hydrogens is 423 g/mol. The van der Waals surface area contributed by atoms with E-state index in [1.807, 2.05) is 0 Å². The highest BCUT2D eigenvalue weighted by atomic mass is 32.2. The summed E-state index contributed by atoms with van der Waals surface area (Å²) in [5.41, 5.74) is 0.784. The monoisotopic (exact) mass is 440 g/mol. The molecule has 28 heavy (non-hydrogen) atoms. The van der Waals surface area contributed by atoms with E-state index < -0.39 is 25.7 Å². The number of sulfone groups is 1. The fraction of sp³-hybridized carbons (Fsp3) is 0.167. The van der Waals surface area contributed by atoms with Crippen molar-refractivity contribution in [3.8, 4) is 0 Å². The summed E-state index contributed by atoms with van der Waals surface area (Å²) in [6.07, 6.45) is 1.01. The Labute approximate surface area is 167 Å². The normalized spacial score (nSPS) is 12.1. The second-order valence-corrected chi connectivity index (χ2v) is 11.0. The van der Waals surface area contributed by atoms with Crippen LogP contribution in [0.2, 0.25) is 0 Å². The molecule has 0 unspecified atom stereocenters. The molecule has 0 aliphatic carbocycles. The van der Waals surface area contributed by atoms with Gasteiger partial charge in [-0.3, -0.25) is 4.31 Å². The predicted octanol–water partition coefficient (Wildman–Crippen LogP) is 3.39. The molecule has 0 saturated carbocycles. The smallest absolute Gasteiger partial charge is 0.260 e. The van der Waals surface area contributed by atoms with E-state index in [1.54, 1.807) is 12.3 Å². The highest BCUT2D eigenvalue weighted by Crippen LogP contribution is 2.27. The number of hydrogen-bond donors (Lipinski definition) is 0. The Morgan fingerprint density at radius 3 is 2.25 bits per heavy atom. The Hall–Kier alpha value is -2.30. The lowest BCUT2D eigenvalue weighted by Gasteiger charge is -2.24. The third-order valence-corrected chi connectivity index (χ3v) is 7.61. The number of halogens is 1. The van der Waals surface area contributed by atoms with Crippen LogP contribution in [0.25, 0.3) is 0 Å². The third-order valence-electron chi connectivity index (χ3n) is 3.91. The van der Waals surface area contributed by atoms with Crippen molar-refractivity contribution in [3.63, 3.8) is 0 Å². The Morgan fingerprint density at radius 1 is 1.04 bits per heavy atom. The average molecular weight is 441 g/mol. The molecular formula is C18H17FN2O4S3. The summed E-state index contributed by atoms with van der Waals surface area (Å²) in [5, 5.41) is 2.53. The maximum atomic E-state index is 13.3. The minimum atomic E-state index is -4.13. The number of sulfonamides is 1.